The standard InChI is InChI=1S/C17H23ClN2S/c1-3-19-17(14-6-4-7-15(18)12-14)9-10-20(2)13-16-8-5-11-21-16/h4-8,11-12,17,19H,3,9-10,13H2,1-2H3. The van der Waals surface area contributed by atoms with Gasteiger partial charge in [-0.15, -0.1) is 11.3 Å². The lowest BCUT2D eigenvalue weighted by molar-refractivity contribution is 0.303. The Morgan fingerprint density at radius 3 is 2.81 bits per heavy atom. The van der Waals surface area contributed by atoms with Crippen LogP contribution in [0.1, 0.15) is 29.8 Å². The van der Waals surface area contributed by atoms with Crippen LogP contribution >= 0.6 is 22.9 Å². The van der Waals surface area contributed by atoms with Gasteiger partial charge in [-0.1, -0.05) is 36.7 Å². The molecule has 2 nitrogen and oxygen atoms in total. The Labute approximate surface area is 136 Å². The fraction of sp³-hybridized carbons (Fsp3) is 0.412. The van der Waals surface area contributed by atoms with Gasteiger partial charge in [0.25, 0.3) is 0 Å². The van der Waals surface area contributed by atoms with E-state index in [-0.39, 0.29) is 0 Å². The van der Waals surface area contributed by atoms with Gasteiger partial charge in [0.1, 0.15) is 0 Å². The maximum Gasteiger partial charge on any atom is 0.0409 e. The molecule has 0 aliphatic heterocycles. The van der Waals surface area contributed by atoms with E-state index in [0.29, 0.717) is 6.04 Å². The average Bonchev–Trinajstić information content (AvgIpc) is 2.96. The van der Waals surface area contributed by atoms with Crippen LogP contribution in [0.15, 0.2) is 41.8 Å². The van der Waals surface area contributed by atoms with E-state index in [1.54, 1.807) is 0 Å². The molecular weight excluding hydrogens is 300 g/mol. The minimum absolute atomic E-state index is 0.361. The van der Waals surface area contributed by atoms with E-state index in [0.717, 1.165) is 31.1 Å². The second-order valence-corrected chi connectivity index (χ2v) is 6.74. The number of thiophene rings is 1. The van der Waals surface area contributed by atoms with E-state index in [1.807, 2.05) is 23.5 Å². The zero-order valence-electron chi connectivity index (χ0n) is 12.7. The van der Waals surface area contributed by atoms with E-state index in [1.165, 1.54) is 10.4 Å². The fourth-order valence-electron chi connectivity index (χ4n) is 2.45. The third-order valence-corrected chi connectivity index (χ3v) is 4.60. The normalized spacial score (nSPS) is 12.8. The van der Waals surface area contributed by atoms with Gasteiger partial charge < -0.3 is 10.2 Å². The third-order valence-electron chi connectivity index (χ3n) is 3.51. The van der Waals surface area contributed by atoms with Crippen molar-refractivity contribution in [2.24, 2.45) is 0 Å². The van der Waals surface area contributed by atoms with Gasteiger partial charge in [0.2, 0.25) is 0 Å². The summed E-state index contributed by atoms with van der Waals surface area (Å²) in [5, 5.41) is 6.50. The van der Waals surface area contributed by atoms with Gasteiger partial charge in [-0.25, -0.2) is 0 Å². The van der Waals surface area contributed by atoms with Crippen molar-refractivity contribution in [2.75, 3.05) is 20.1 Å². The number of hydrogen-bond acceptors (Lipinski definition) is 3. The largest absolute Gasteiger partial charge is 0.310 e. The first-order valence-corrected chi connectivity index (χ1v) is 8.64. The predicted molar refractivity (Wildman–Crippen MR) is 93.1 cm³/mol. The number of nitrogens with one attached hydrogen (secondary N) is 1. The third kappa shape index (κ3) is 5.44. The summed E-state index contributed by atoms with van der Waals surface area (Å²) in [5.74, 6) is 0. The molecule has 0 spiro atoms. The summed E-state index contributed by atoms with van der Waals surface area (Å²) in [7, 11) is 2.18. The topological polar surface area (TPSA) is 15.3 Å². The van der Waals surface area contributed by atoms with Crippen molar-refractivity contribution in [1.82, 2.24) is 10.2 Å². The average molecular weight is 323 g/mol. The quantitative estimate of drug-likeness (QED) is 0.765. The SMILES string of the molecule is CCNC(CCN(C)Cc1cccs1)c1cccc(Cl)c1. The summed E-state index contributed by atoms with van der Waals surface area (Å²) in [4.78, 5) is 3.79. The fourth-order valence-corrected chi connectivity index (χ4v) is 3.44. The van der Waals surface area contributed by atoms with Crippen LogP contribution in [-0.4, -0.2) is 25.0 Å². The summed E-state index contributed by atoms with van der Waals surface area (Å²) >= 11 is 7.93. The highest BCUT2D eigenvalue weighted by Gasteiger charge is 2.12. The van der Waals surface area contributed by atoms with Crippen molar-refractivity contribution in [3.8, 4) is 0 Å². The number of hydrogen-bond donors (Lipinski definition) is 1. The highest BCUT2D eigenvalue weighted by Crippen LogP contribution is 2.21. The highest BCUT2D eigenvalue weighted by molar-refractivity contribution is 7.09. The Morgan fingerprint density at radius 1 is 1.29 bits per heavy atom. The lowest BCUT2D eigenvalue weighted by Crippen LogP contribution is -2.27. The molecule has 0 aliphatic rings. The van der Waals surface area contributed by atoms with Crippen LogP contribution < -0.4 is 5.32 Å². The molecule has 0 amide bonds. The second-order valence-electron chi connectivity index (χ2n) is 5.27. The molecule has 0 saturated heterocycles. The Bertz CT molecular complexity index is 527. The Kier molecular flexibility index (Phi) is 6.71. The lowest BCUT2D eigenvalue weighted by Gasteiger charge is -2.22. The molecule has 0 saturated carbocycles. The monoisotopic (exact) mass is 322 g/mol. The van der Waals surface area contributed by atoms with Crippen LogP contribution in [0.4, 0.5) is 0 Å². The molecule has 114 valence electrons. The summed E-state index contributed by atoms with van der Waals surface area (Å²) in [6, 6.07) is 12.8. The Morgan fingerprint density at radius 2 is 2.14 bits per heavy atom. The molecule has 4 heteroatoms. The van der Waals surface area contributed by atoms with Gasteiger partial charge >= 0.3 is 0 Å². The molecule has 1 heterocycles. The van der Waals surface area contributed by atoms with Crippen molar-refractivity contribution in [1.29, 1.82) is 0 Å². The summed E-state index contributed by atoms with van der Waals surface area (Å²) < 4.78 is 0. The number of nitrogens with zero attached hydrogens (tertiary/aromatic N) is 1. The number of halogens is 1. The van der Waals surface area contributed by atoms with Crippen LogP contribution in [0.3, 0.4) is 0 Å². The smallest absolute Gasteiger partial charge is 0.0409 e. The molecule has 1 N–H and O–H groups in total. The first-order chi connectivity index (χ1) is 10.2. The molecule has 2 rings (SSSR count). The summed E-state index contributed by atoms with van der Waals surface area (Å²) in [6.07, 6.45) is 1.08. The number of rotatable bonds is 8. The molecule has 1 aromatic carbocycles. The molecule has 1 unspecified atom stereocenters. The van der Waals surface area contributed by atoms with Crippen LogP contribution in [-0.2, 0) is 6.54 Å². The molecular formula is C17H23ClN2S. The van der Waals surface area contributed by atoms with E-state index < -0.39 is 0 Å². The Balaban J connectivity index is 1.90. The van der Waals surface area contributed by atoms with Crippen molar-refractivity contribution in [2.45, 2.75) is 25.9 Å². The van der Waals surface area contributed by atoms with E-state index in [9.17, 15) is 0 Å². The highest BCUT2D eigenvalue weighted by atomic mass is 35.5. The molecule has 21 heavy (non-hydrogen) atoms. The molecule has 1 aromatic heterocycles. The van der Waals surface area contributed by atoms with Crippen molar-refractivity contribution < 1.29 is 0 Å². The first kappa shape index (κ1) is 16.5. The van der Waals surface area contributed by atoms with Crippen molar-refractivity contribution >= 4 is 22.9 Å². The van der Waals surface area contributed by atoms with Crippen LogP contribution in [0.2, 0.25) is 5.02 Å². The minimum atomic E-state index is 0.361. The van der Waals surface area contributed by atoms with E-state index in [2.05, 4.69) is 53.8 Å². The van der Waals surface area contributed by atoms with Crippen LogP contribution in [0.25, 0.3) is 0 Å². The summed E-state index contributed by atoms with van der Waals surface area (Å²) in [6.45, 7) is 5.19. The second kappa shape index (κ2) is 8.54. The maximum atomic E-state index is 6.11. The van der Waals surface area contributed by atoms with Gasteiger partial charge in [-0.3, -0.25) is 0 Å². The van der Waals surface area contributed by atoms with Gasteiger partial charge in [0, 0.05) is 29.0 Å². The van der Waals surface area contributed by atoms with Crippen LogP contribution in [0.5, 0.6) is 0 Å². The lowest BCUT2D eigenvalue weighted by atomic mass is 10.0. The van der Waals surface area contributed by atoms with E-state index >= 15 is 0 Å². The molecule has 1 atom stereocenters. The zero-order chi connectivity index (χ0) is 15.1. The summed E-state index contributed by atoms with van der Waals surface area (Å²) in [5.41, 5.74) is 1.27. The van der Waals surface area contributed by atoms with Gasteiger partial charge in [0.05, 0.1) is 0 Å². The molecule has 0 radical (unpaired) electrons. The van der Waals surface area contributed by atoms with Gasteiger partial charge in [-0.05, 0) is 49.2 Å². The van der Waals surface area contributed by atoms with Crippen LogP contribution in [0, 0.1) is 0 Å². The van der Waals surface area contributed by atoms with Gasteiger partial charge in [0.15, 0.2) is 0 Å². The van der Waals surface area contributed by atoms with Gasteiger partial charge in [-0.2, -0.15) is 0 Å². The minimum Gasteiger partial charge on any atom is -0.310 e. The molecule has 2 aromatic rings. The maximum absolute atomic E-state index is 6.11. The number of benzene rings is 1. The van der Waals surface area contributed by atoms with E-state index in [4.69, 9.17) is 11.6 Å². The molecule has 0 fully saturated rings. The Hall–Kier alpha value is -0.870. The molecule has 0 bridgehead atoms. The predicted octanol–water partition coefficient (Wildman–Crippen LogP) is 4.57. The first-order valence-electron chi connectivity index (χ1n) is 7.38. The molecule has 0 aliphatic carbocycles. The zero-order valence-corrected chi connectivity index (χ0v) is 14.3. The van der Waals surface area contributed by atoms with Crippen molar-refractivity contribution in [3.63, 3.8) is 0 Å². The van der Waals surface area contributed by atoms with Crippen molar-refractivity contribution in [3.05, 3.63) is 57.2 Å².